The van der Waals surface area contributed by atoms with E-state index in [0.717, 1.165) is 17.3 Å². The number of nitrogens with zero attached hydrogens (tertiary/aromatic N) is 3. The van der Waals surface area contributed by atoms with Gasteiger partial charge in [-0.15, -0.1) is 0 Å². The van der Waals surface area contributed by atoms with Crippen molar-refractivity contribution in [2.45, 2.75) is 25.3 Å². The molecule has 2 fully saturated rings. The molecule has 1 atom stereocenters. The van der Waals surface area contributed by atoms with E-state index in [4.69, 9.17) is 0 Å². The predicted octanol–water partition coefficient (Wildman–Crippen LogP) is 1.44. The summed E-state index contributed by atoms with van der Waals surface area (Å²) in [6.45, 7) is 0.926. The monoisotopic (exact) mass is 397 g/mol. The SMILES string of the molecule is O=S1(=O)CCC(CS(=O)(=O)N2CCC(n3cc4ccccc4n3)C2)CC1. The number of rotatable bonds is 4. The summed E-state index contributed by atoms with van der Waals surface area (Å²) in [7, 11) is -6.34. The van der Waals surface area contributed by atoms with E-state index >= 15 is 0 Å². The molecule has 7 nitrogen and oxygen atoms in total. The Hall–Kier alpha value is -1.45. The van der Waals surface area contributed by atoms with E-state index in [1.165, 1.54) is 0 Å². The molecule has 0 bridgehead atoms. The van der Waals surface area contributed by atoms with Gasteiger partial charge in [0, 0.05) is 24.7 Å². The van der Waals surface area contributed by atoms with Crippen LogP contribution in [0.4, 0.5) is 0 Å². The molecule has 26 heavy (non-hydrogen) atoms. The van der Waals surface area contributed by atoms with Crippen LogP contribution in [-0.2, 0) is 19.9 Å². The van der Waals surface area contributed by atoms with Crippen molar-refractivity contribution in [3.63, 3.8) is 0 Å². The van der Waals surface area contributed by atoms with Gasteiger partial charge in [-0.1, -0.05) is 18.2 Å². The van der Waals surface area contributed by atoms with Crippen molar-refractivity contribution in [3.05, 3.63) is 30.5 Å². The summed E-state index contributed by atoms with van der Waals surface area (Å²) in [6, 6.07) is 7.90. The third-order valence-electron chi connectivity index (χ3n) is 5.45. The van der Waals surface area contributed by atoms with E-state index in [9.17, 15) is 16.8 Å². The molecule has 1 aromatic carbocycles. The molecule has 0 amide bonds. The highest BCUT2D eigenvalue weighted by atomic mass is 32.2. The Labute approximate surface area is 154 Å². The highest BCUT2D eigenvalue weighted by Gasteiger charge is 2.35. The van der Waals surface area contributed by atoms with Crippen LogP contribution in [0.1, 0.15) is 25.3 Å². The Morgan fingerprint density at radius 1 is 1.12 bits per heavy atom. The van der Waals surface area contributed by atoms with Gasteiger partial charge in [-0.3, -0.25) is 4.68 Å². The smallest absolute Gasteiger partial charge is 0.214 e. The quantitative estimate of drug-likeness (QED) is 0.779. The highest BCUT2D eigenvalue weighted by molar-refractivity contribution is 7.91. The minimum atomic E-state index is -3.37. The molecule has 0 radical (unpaired) electrons. The topological polar surface area (TPSA) is 89.3 Å². The molecule has 0 aliphatic carbocycles. The molecule has 4 rings (SSSR count). The first-order valence-corrected chi connectivity index (χ1v) is 12.4. The van der Waals surface area contributed by atoms with E-state index in [1.54, 1.807) is 4.31 Å². The first-order chi connectivity index (χ1) is 12.3. The van der Waals surface area contributed by atoms with Crippen LogP contribution in [0.15, 0.2) is 30.5 Å². The molecular weight excluding hydrogens is 374 g/mol. The standard InChI is InChI=1S/C17H23N3O4S2/c21-25(22)9-6-14(7-10-25)13-26(23,24)19-8-5-16(12-19)20-11-15-3-1-2-4-17(15)18-20/h1-4,11,14,16H,5-10,12-13H2. The van der Waals surface area contributed by atoms with Crippen molar-refractivity contribution >= 4 is 30.8 Å². The lowest BCUT2D eigenvalue weighted by molar-refractivity contribution is 0.423. The lowest BCUT2D eigenvalue weighted by Gasteiger charge is -2.24. The van der Waals surface area contributed by atoms with Gasteiger partial charge in [0.2, 0.25) is 10.0 Å². The third-order valence-corrected chi connectivity index (χ3v) is 9.17. The maximum absolute atomic E-state index is 12.8. The Bertz CT molecular complexity index is 967. The van der Waals surface area contributed by atoms with Crippen molar-refractivity contribution in [2.24, 2.45) is 5.92 Å². The van der Waals surface area contributed by atoms with Crippen molar-refractivity contribution in [1.29, 1.82) is 0 Å². The van der Waals surface area contributed by atoms with Crippen LogP contribution in [0.5, 0.6) is 0 Å². The number of fused-ring (bicyclic) bond motifs is 1. The van der Waals surface area contributed by atoms with Gasteiger partial charge < -0.3 is 0 Å². The maximum atomic E-state index is 12.8. The van der Waals surface area contributed by atoms with Crippen molar-refractivity contribution < 1.29 is 16.8 Å². The van der Waals surface area contributed by atoms with Crippen molar-refractivity contribution in [1.82, 2.24) is 14.1 Å². The minimum Gasteiger partial charge on any atom is -0.267 e. The van der Waals surface area contributed by atoms with E-state index < -0.39 is 19.9 Å². The number of sulfone groups is 1. The van der Waals surface area contributed by atoms with Gasteiger partial charge in [0.25, 0.3) is 0 Å². The van der Waals surface area contributed by atoms with Crippen LogP contribution in [-0.4, -0.2) is 61.3 Å². The Kier molecular flexibility index (Phi) is 4.56. The van der Waals surface area contributed by atoms with Gasteiger partial charge in [-0.05, 0) is 31.2 Å². The van der Waals surface area contributed by atoms with Crippen molar-refractivity contribution in [2.75, 3.05) is 30.3 Å². The number of benzene rings is 1. The summed E-state index contributed by atoms with van der Waals surface area (Å²) in [6.07, 6.45) is 3.61. The normalized spacial score (nSPS) is 25.0. The zero-order valence-corrected chi connectivity index (χ0v) is 16.1. The van der Waals surface area contributed by atoms with Crippen LogP contribution in [0.25, 0.3) is 10.9 Å². The van der Waals surface area contributed by atoms with E-state index in [2.05, 4.69) is 5.10 Å². The summed E-state index contributed by atoms with van der Waals surface area (Å²) < 4.78 is 52.0. The number of sulfonamides is 1. The van der Waals surface area contributed by atoms with Gasteiger partial charge in [0.15, 0.2) is 0 Å². The van der Waals surface area contributed by atoms with E-state index in [-0.39, 0.29) is 29.2 Å². The van der Waals surface area contributed by atoms with Gasteiger partial charge in [0.1, 0.15) is 9.84 Å². The zero-order chi connectivity index (χ0) is 18.4. The fourth-order valence-corrected chi connectivity index (χ4v) is 7.37. The Morgan fingerprint density at radius 3 is 2.58 bits per heavy atom. The summed E-state index contributed by atoms with van der Waals surface area (Å²) >= 11 is 0. The third kappa shape index (κ3) is 3.65. The minimum absolute atomic E-state index is 0.0453. The molecule has 2 saturated heterocycles. The first kappa shape index (κ1) is 17.9. The fraction of sp³-hybridized carbons (Fsp3) is 0.588. The largest absolute Gasteiger partial charge is 0.267 e. The Morgan fingerprint density at radius 2 is 1.85 bits per heavy atom. The molecule has 2 aromatic rings. The van der Waals surface area contributed by atoms with Crippen LogP contribution in [0, 0.1) is 5.92 Å². The average molecular weight is 398 g/mol. The number of hydrogen-bond donors (Lipinski definition) is 0. The van der Waals surface area contributed by atoms with Gasteiger partial charge in [-0.25, -0.2) is 16.8 Å². The van der Waals surface area contributed by atoms with Crippen molar-refractivity contribution in [3.8, 4) is 0 Å². The van der Waals surface area contributed by atoms with Crippen LogP contribution in [0.2, 0.25) is 0 Å². The number of hydrogen-bond acceptors (Lipinski definition) is 5. The molecule has 1 aromatic heterocycles. The molecule has 1 unspecified atom stereocenters. The molecule has 2 aliphatic heterocycles. The molecular formula is C17H23N3O4S2. The molecule has 0 N–H and O–H groups in total. The molecule has 3 heterocycles. The second kappa shape index (κ2) is 6.61. The first-order valence-electron chi connectivity index (χ1n) is 8.94. The van der Waals surface area contributed by atoms with Crippen LogP contribution < -0.4 is 0 Å². The highest BCUT2D eigenvalue weighted by Crippen LogP contribution is 2.28. The van der Waals surface area contributed by atoms with Gasteiger partial charge >= 0.3 is 0 Å². The summed E-state index contributed by atoms with van der Waals surface area (Å²) in [4.78, 5) is 0. The fourth-order valence-electron chi connectivity index (χ4n) is 3.86. The van der Waals surface area contributed by atoms with Crippen LogP contribution in [0.3, 0.4) is 0 Å². The van der Waals surface area contributed by atoms with E-state index in [0.29, 0.717) is 25.9 Å². The van der Waals surface area contributed by atoms with Gasteiger partial charge in [0.05, 0.1) is 28.8 Å². The number of aromatic nitrogens is 2. The summed E-state index contributed by atoms with van der Waals surface area (Å²) in [5, 5.41) is 5.62. The average Bonchev–Trinajstić information content (AvgIpc) is 3.23. The lowest BCUT2D eigenvalue weighted by atomic mass is 10.1. The molecule has 9 heteroatoms. The van der Waals surface area contributed by atoms with Gasteiger partial charge in [-0.2, -0.15) is 9.40 Å². The second-order valence-corrected chi connectivity index (χ2v) is 11.7. The lowest BCUT2D eigenvalue weighted by Crippen LogP contribution is -2.36. The maximum Gasteiger partial charge on any atom is 0.214 e. The van der Waals surface area contributed by atoms with E-state index in [1.807, 2.05) is 35.1 Å². The zero-order valence-electron chi connectivity index (χ0n) is 14.5. The van der Waals surface area contributed by atoms with Crippen LogP contribution >= 0.6 is 0 Å². The molecule has 0 saturated carbocycles. The molecule has 0 spiro atoms. The molecule has 2 aliphatic rings. The predicted molar refractivity (Wildman–Crippen MR) is 100 cm³/mol. The molecule has 142 valence electrons. The Balaban J connectivity index is 1.42. The summed E-state index contributed by atoms with van der Waals surface area (Å²) in [5.41, 5.74) is 0.914. The second-order valence-electron chi connectivity index (χ2n) is 7.34. The summed E-state index contributed by atoms with van der Waals surface area (Å²) in [5.74, 6) is 0.205.